The lowest BCUT2D eigenvalue weighted by Gasteiger charge is -2.45. The van der Waals surface area contributed by atoms with E-state index in [1.165, 1.54) is 16.7 Å². The van der Waals surface area contributed by atoms with E-state index in [4.69, 9.17) is 14.3 Å². The van der Waals surface area contributed by atoms with E-state index >= 15 is 0 Å². The number of likely N-dealkylation sites (tertiary alicyclic amines) is 2. The Morgan fingerprint density at radius 3 is 2.58 bits per heavy atom. The third kappa shape index (κ3) is 4.20. The van der Waals surface area contributed by atoms with Crippen LogP contribution >= 0.6 is 0 Å². The lowest BCUT2D eigenvalue weighted by atomic mass is 9.80. The van der Waals surface area contributed by atoms with E-state index in [1.54, 1.807) is 0 Å². The number of aryl methyl sites for hydroxylation is 1. The predicted octanol–water partition coefficient (Wildman–Crippen LogP) is 3.66. The fourth-order valence-corrected chi connectivity index (χ4v) is 5.77. The topological polar surface area (TPSA) is 63.6 Å². The van der Waals surface area contributed by atoms with Crippen LogP contribution in [-0.4, -0.2) is 65.6 Å². The van der Waals surface area contributed by atoms with Crippen LogP contribution in [0.4, 0.5) is 0 Å². The monoisotopic (exact) mass is 455 g/mol. The zero-order valence-corrected chi connectivity index (χ0v) is 20.7. The first kappa shape index (κ1) is 22.5. The summed E-state index contributed by atoms with van der Waals surface area (Å²) >= 11 is 0. The fourth-order valence-electron chi connectivity index (χ4n) is 5.77. The van der Waals surface area contributed by atoms with E-state index in [-0.39, 0.29) is 22.6 Å². The number of rotatable bonds is 4. The van der Waals surface area contributed by atoms with Gasteiger partial charge in [0.15, 0.2) is 5.60 Å². The summed E-state index contributed by atoms with van der Waals surface area (Å²) in [5.74, 6) is 2.01. The molecule has 0 radical (unpaired) electrons. The molecular formula is C26H37N3O4. The highest BCUT2D eigenvalue weighted by Crippen LogP contribution is 2.40. The fraction of sp³-hybridized carbons (Fsp3) is 0.692. The summed E-state index contributed by atoms with van der Waals surface area (Å²) in [6.45, 7) is 15.1. The maximum atomic E-state index is 12.3. The second-order valence-electron chi connectivity index (χ2n) is 11.3. The third-order valence-electron chi connectivity index (χ3n) is 7.74. The molecule has 5 rings (SSSR count). The minimum atomic E-state index is -0.385. The Morgan fingerprint density at radius 2 is 1.88 bits per heavy atom. The average Bonchev–Trinajstić information content (AvgIpc) is 3.29. The molecule has 2 saturated heterocycles. The van der Waals surface area contributed by atoms with Gasteiger partial charge in [-0.15, -0.1) is 0 Å². The molecule has 0 saturated carbocycles. The van der Waals surface area contributed by atoms with Crippen LogP contribution in [0.1, 0.15) is 63.6 Å². The van der Waals surface area contributed by atoms with Crippen LogP contribution < -0.4 is 4.74 Å². The quantitative estimate of drug-likeness (QED) is 0.646. The van der Waals surface area contributed by atoms with Crippen molar-refractivity contribution in [2.45, 2.75) is 78.0 Å². The zero-order valence-electron chi connectivity index (χ0n) is 20.7. The minimum absolute atomic E-state index is 0.0730. The SMILES string of the molecule is CCOC(=O)C1(C)CCN(C2=NOC3(C2)CN(Cc2cc(C)c4c(c2)OC(C)(C)C4)C3)CC1. The van der Waals surface area contributed by atoms with Crippen molar-refractivity contribution in [3.05, 3.63) is 28.8 Å². The number of carbonyl (C=O) groups is 1. The molecule has 180 valence electrons. The number of hydrogen-bond donors (Lipinski definition) is 0. The Hall–Kier alpha value is -2.28. The van der Waals surface area contributed by atoms with Crippen LogP contribution in [0.5, 0.6) is 5.75 Å². The molecule has 7 heteroatoms. The van der Waals surface area contributed by atoms with Crippen LogP contribution in [0.25, 0.3) is 0 Å². The number of benzene rings is 1. The number of esters is 1. The molecule has 1 aromatic rings. The van der Waals surface area contributed by atoms with Gasteiger partial charge in [0, 0.05) is 44.7 Å². The van der Waals surface area contributed by atoms with Crippen molar-refractivity contribution in [1.82, 2.24) is 9.80 Å². The van der Waals surface area contributed by atoms with Gasteiger partial charge in [-0.1, -0.05) is 11.2 Å². The molecule has 1 spiro atoms. The van der Waals surface area contributed by atoms with Crippen molar-refractivity contribution in [2.24, 2.45) is 10.6 Å². The standard InChI is InChI=1S/C26H37N3O4/c1-6-31-23(30)25(5)7-9-29(10-8-25)22-14-26(33-27-22)16-28(17-26)15-19-11-18(2)20-13-24(3,4)32-21(20)12-19/h11-12H,6-10,13-17H2,1-5H3. The first-order valence-corrected chi connectivity index (χ1v) is 12.3. The molecule has 4 aliphatic heterocycles. The Bertz CT molecular complexity index is 972. The maximum absolute atomic E-state index is 12.3. The second kappa shape index (κ2) is 7.90. The molecule has 0 bridgehead atoms. The number of oxime groups is 1. The van der Waals surface area contributed by atoms with Gasteiger partial charge >= 0.3 is 5.97 Å². The van der Waals surface area contributed by atoms with Crippen LogP contribution in [0.15, 0.2) is 17.3 Å². The smallest absolute Gasteiger partial charge is 0.311 e. The van der Waals surface area contributed by atoms with E-state index in [2.05, 4.69) is 47.9 Å². The summed E-state index contributed by atoms with van der Waals surface area (Å²) in [6, 6.07) is 4.52. The Balaban J connectivity index is 1.13. The number of ether oxygens (including phenoxy) is 2. The molecule has 4 aliphatic rings. The van der Waals surface area contributed by atoms with E-state index in [0.717, 1.165) is 70.0 Å². The Labute approximate surface area is 197 Å². The van der Waals surface area contributed by atoms with E-state index in [1.807, 2.05) is 13.8 Å². The summed E-state index contributed by atoms with van der Waals surface area (Å²) in [7, 11) is 0. The molecular weight excluding hydrogens is 418 g/mol. The largest absolute Gasteiger partial charge is 0.487 e. The summed E-state index contributed by atoms with van der Waals surface area (Å²) in [6.07, 6.45) is 3.41. The molecule has 4 heterocycles. The number of nitrogens with zero attached hydrogens (tertiary/aromatic N) is 3. The molecule has 0 aliphatic carbocycles. The number of carbonyl (C=O) groups excluding carboxylic acids is 1. The first-order chi connectivity index (χ1) is 15.6. The van der Waals surface area contributed by atoms with E-state index < -0.39 is 0 Å². The first-order valence-electron chi connectivity index (χ1n) is 12.3. The van der Waals surface area contributed by atoms with Gasteiger partial charge in [-0.3, -0.25) is 9.69 Å². The number of hydrogen-bond acceptors (Lipinski definition) is 7. The van der Waals surface area contributed by atoms with E-state index in [0.29, 0.717) is 6.61 Å². The van der Waals surface area contributed by atoms with Gasteiger partial charge in [0.25, 0.3) is 0 Å². The molecule has 0 amide bonds. The number of amidine groups is 1. The lowest BCUT2D eigenvalue weighted by Crippen LogP contribution is -2.61. The molecule has 1 aromatic carbocycles. The Morgan fingerprint density at radius 1 is 1.15 bits per heavy atom. The van der Waals surface area contributed by atoms with Crippen LogP contribution in [0.2, 0.25) is 0 Å². The number of fused-ring (bicyclic) bond motifs is 1. The average molecular weight is 456 g/mol. The highest BCUT2D eigenvalue weighted by atomic mass is 16.7. The van der Waals surface area contributed by atoms with Gasteiger partial charge in [-0.05, 0) is 64.7 Å². The van der Waals surface area contributed by atoms with Crippen molar-refractivity contribution in [3.8, 4) is 5.75 Å². The van der Waals surface area contributed by atoms with Crippen LogP contribution in [-0.2, 0) is 27.3 Å². The van der Waals surface area contributed by atoms with Gasteiger partial charge in [0.1, 0.15) is 17.2 Å². The van der Waals surface area contributed by atoms with Gasteiger partial charge in [-0.25, -0.2) is 0 Å². The van der Waals surface area contributed by atoms with Crippen molar-refractivity contribution in [2.75, 3.05) is 32.8 Å². The normalized spacial score (nSPS) is 24.5. The molecule has 0 atom stereocenters. The zero-order chi connectivity index (χ0) is 23.4. The molecule has 2 fully saturated rings. The van der Waals surface area contributed by atoms with Gasteiger partial charge in [-0.2, -0.15) is 0 Å². The van der Waals surface area contributed by atoms with Crippen molar-refractivity contribution < 1.29 is 19.1 Å². The lowest BCUT2D eigenvalue weighted by molar-refractivity contribution is -0.156. The highest BCUT2D eigenvalue weighted by Gasteiger charge is 2.51. The summed E-state index contributed by atoms with van der Waals surface area (Å²) < 4.78 is 11.5. The van der Waals surface area contributed by atoms with Gasteiger partial charge in [0.05, 0.1) is 18.4 Å². The molecule has 0 unspecified atom stereocenters. The molecule has 0 N–H and O–H groups in total. The predicted molar refractivity (Wildman–Crippen MR) is 126 cm³/mol. The van der Waals surface area contributed by atoms with Crippen LogP contribution in [0, 0.1) is 12.3 Å². The van der Waals surface area contributed by atoms with Crippen molar-refractivity contribution in [1.29, 1.82) is 0 Å². The molecule has 33 heavy (non-hydrogen) atoms. The summed E-state index contributed by atoms with van der Waals surface area (Å²) in [5.41, 5.74) is 3.28. The summed E-state index contributed by atoms with van der Waals surface area (Å²) in [4.78, 5) is 23.0. The third-order valence-corrected chi connectivity index (χ3v) is 7.74. The summed E-state index contributed by atoms with van der Waals surface area (Å²) in [5, 5.41) is 4.46. The van der Waals surface area contributed by atoms with Crippen LogP contribution in [0.3, 0.4) is 0 Å². The van der Waals surface area contributed by atoms with E-state index in [9.17, 15) is 4.79 Å². The minimum Gasteiger partial charge on any atom is -0.487 e. The number of piperidine rings is 1. The highest BCUT2D eigenvalue weighted by molar-refractivity contribution is 5.85. The Kier molecular flexibility index (Phi) is 5.39. The van der Waals surface area contributed by atoms with Gasteiger partial charge < -0.3 is 19.2 Å². The molecule has 0 aromatic heterocycles. The van der Waals surface area contributed by atoms with Crippen molar-refractivity contribution >= 4 is 11.8 Å². The second-order valence-corrected chi connectivity index (χ2v) is 11.3. The van der Waals surface area contributed by atoms with Crippen molar-refractivity contribution in [3.63, 3.8) is 0 Å². The molecule has 7 nitrogen and oxygen atoms in total. The van der Waals surface area contributed by atoms with Gasteiger partial charge in [0.2, 0.25) is 0 Å². The maximum Gasteiger partial charge on any atom is 0.311 e.